The summed E-state index contributed by atoms with van der Waals surface area (Å²) in [4.78, 5) is 23.0. The second kappa shape index (κ2) is 9.81. The van der Waals surface area contributed by atoms with Gasteiger partial charge in [0.1, 0.15) is 11.6 Å². The quantitative estimate of drug-likeness (QED) is 0.568. The highest BCUT2D eigenvalue weighted by Gasteiger charge is 2.06. The summed E-state index contributed by atoms with van der Waals surface area (Å²) in [5, 5.41) is 0. The molecule has 18 heavy (non-hydrogen) atoms. The molecule has 0 aliphatic heterocycles. The van der Waals surface area contributed by atoms with E-state index in [0.717, 1.165) is 12.8 Å². The van der Waals surface area contributed by atoms with Crippen molar-refractivity contribution in [2.45, 2.75) is 66.2 Å². The van der Waals surface area contributed by atoms with Crippen molar-refractivity contribution in [2.24, 2.45) is 0 Å². The zero-order valence-corrected chi connectivity index (χ0v) is 12.2. The van der Waals surface area contributed by atoms with Crippen LogP contribution in [-0.2, 0) is 9.59 Å². The van der Waals surface area contributed by atoms with Crippen LogP contribution in [0.15, 0.2) is 23.3 Å². The third kappa shape index (κ3) is 11.3. The molecule has 0 amide bonds. The van der Waals surface area contributed by atoms with E-state index in [-0.39, 0.29) is 11.6 Å². The van der Waals surface area contributed by atoms with Gasteiger partial charge in [-0.05, 0) is 40.5 Å². The molecule has 0 aromatic heterocycles. The Bertz CT molecular complexity index is 293. The summed E-state index contributed by atoms with van der Waals surface area (Å²) in [5.41, 5.74) is 2.47. The van der Waals surface area contributed by atoms with Crippen molar-refractivity contribution in [1.82, 2.24) is 0 Å². The van der Waals surface area contributed by atoms with Crippen molar-refractivity contribution in [2.75, 3.05) is 0 Å². The molecule has 0 aliphatic carbocycles. The van der Waals surface area contributed by atoms with Gasteiger partial charge < -0.3 is 0 Å². The summed E-state index contributed by atoms with van der Waals surface area (Å²) in [5.74, 6) is 0.395. The van der Waals surface area contributed by atoms with Crippen molar-refractivity contribution < 1.29 is 9.59 Å². The van der Waals surface area contributed by atoms with Gasteiger partial charge in [0.25, 0.3) is 0 Å². The molecule has 0 bridgehead atoms. The summed E-state index contributed by atoms with van der Waals surface area (Å²) < 4.78 is 0. The van der Waals surface area contributed by atoms with E-state index in [1.54, 1.807) is 0 Å². The van der Waals surface area contributed by atoms with Crippen molar-refractivity contribution in [3.63, 3.8) is 0 Å². The van der Waals surface area contributed by atoms with Gasteiger partial charge in [0.2, 0.25) is 0 Å². The Labute approximate surface area is 111 Å². The van der Waals surface area contributed by atoms with Gasteiger partial charge in [0, 0.05) is 25.7 Å². The monoisotopic (exact) mass is 250 g/mol. The Kier molecular flexibility index (Phi) is 9.17. The Morgan fingerprint density at radius 1 is 0.667 bits per heavy atom. The number of hydrogen-bond acceptors (Lipinski definition) is 2. The maximum absolute atomic E-state index is 11.5. The molecule has 0 atom stereocenters. The molecule has 0 unspecified atom stereocenters. The lowest BCUT2D eigenvalue weighted by atomic mass is 10.0. The Balaban J connectivity index is 3.69. The minimum atomic E-state index is 0.197. The van der Waals surface area contributed by atoms with Crippen LogP contribution in [0.25, 0.3) is 0 Å². The SMILES string of the molecule is CC(C)=CCCC(=O)CCC(=O)CCC=C(C)C. The van der Waals surface area contributed by atoms with Crippen LogP contribution >= 0.6 is 0 Å². The first-order valence-corrected chi connectivity index (χ1v) is 6.72. The molecular formula is C16H26O2. The molecular weight excluding hydrogens is 224 g/mol. The molecule has 0 rings (SSSR count). The van der Waals surface area contributed by atoms with E-state index < -0.39 is 0 Å². The number of hydrogen-bond donors (Lipinski definition) is 0. The van der Waals surface area contributed by atoms with Gasteiger partial charge in [-0.15, -0.1) is 0 Å². The van der Waals surface area contributed by atoms with E-state index in [9.17, 15) is 9.59 Å². The van der Waals surface area contributed by atoms with Crippen LogP contribution in [-0.4, -0.2) is 11.6 Å². The van der Waals surface area contributed by atoms with Crippen molar-refractivity contribution >= 4 is 11.6 Å². The van der Waals surface area contributed by atoms with Gasteiger partial charge in [-0.25, -0.2) is 0 Å². The second-order valence-electron chi connectivity index (χ2n) is 5.22. The molecule has 0 N–H and O–H groups in total. The predicted octanol–water partition coefficient (Wildman–Crippen LogP) is 4.40. The van der Waals surface area contributed by atoms with E-state index in [1.807, 2.05) is 27.7 Å². The van der Waals surface area contributed by atoms with Crippen molar-refractivity contribution in [1.29, 1.82) is 0 Å². The van der Waals surface area contributed by atoms with Crippen LogP contribution in [0.1, 0.15) is 66.2 Å². The highest BCUT2D eigenvalue weighted by molar-refractivity contribution is 5.86. The van der Waals surface area contributed by atoms with Crippen LogP contribution in [0.3, 0.4) is 0 Å². The first-order valence-electron chi connectivity index (χ1n) is 6.72. The van der Waals surface area contributed by atoms with E-state index >= 15 is 0 Å². The number of ketones is 2. The number of Topliss-reactive ketones (excluding diaryl/α,β-unsaturated/α-hetero) is 2. The fourth-order valence-corrected chi connectivity index (χ4v) is 1.57. The van der Waals surface area contributed by atoms with Gasteiger partial charge >= 0.3 is 0 Å². The summed E-state index contributed by atoms with van der Waals surface area (Å²) in [6.07, 6.45) is 7.66. The van der Waals surface area contributed by atoms with Gasteiger partial charge in [0.05, 0.1) is 0 Å². The van der Waals surface area contributed by atoms with Crippen LogP contribution in [0, 0.1) is 0 Å². The standard InChI is InChI=1S/C16H26O2/c1-13(2)7-5-9-15(17)11-12-16(18)10-6-8-14(3)4/h7-8H,5-6,9-12H2,1-4H3. The third-order valence-corrected chi connectivity index (χ3v) is 2.63. The normalized spacial score (nSPS) is 9.78. The van der Waals surface area contributed by atoms with Crippen LogP contribution < -0.4 is 0 Å². The van der Waals surface area contributed by atoms with Crippen molar-refractivity contribution in [3.8, 4) is 0 Å². The van der Waals surface area contributed by atoms with E-state index in [4.69, 9.17) is 0 Å². The third-order valence-electron chi connectivity index (χ3n) is 2.63. The van der Waals surface area contributed by atoms with Gasteiger partial charge in [-0.3, -0.25) is 9.59 Å². The molecule has 0 saturated heterocycles. The summed E-state index contributed by atoms with van der Waals surface area (Å²) in [6.45, 7) is 8.10. The van der Waals surface area contributed by atoms with E-state index in [0.29, 0.717) is 25.7 Å². The van der Waals surface area contributed by atoms with Crippen LogP contribution in [0.2, 0.25) is 0 Å². The number of rotatable bonds is 9. The Morgan fingerprint density at radius 3 is 1.28 bits per heavy atom. The maximum Gasteiger partial charge on any atom is 0.133 e. The molecule has 0 saturated carbocycles. The van der Waals surface area contributed by atoms with Crippen LogP contribution in [0.4, 0.5) is 0 Å². The molecule has 0 aliphatic rings. The fraction of sp³-hybridized carbons (Fsp3) is 0.625. The largest absolute Gasteiger partial charge is 0.300 e. The predicted molar refractivity (Wildman–Crippen MR) is 76.6 cm³/mol. The number of carbonyl (C=O) groups excluding carboxylic acids is 2. The molecule has 2 heteroatoms. The molecule has 0 heterocycles. The smallest absolute Gasteiger partial charge is 0.133 e. The van der Waals surface area contributed by atoms with E-state index in [1.165, 1.54) is 11.1 Å². The average Bonchev–Trinajstić information content (AvgIpc) is 2.25. The average molecular weight is 250 g/mol. The van der Waals surface area contributed by atoms with Gasteiger partial charge in [-0.2, -0.15) is 0 Å². The first-order chi connectivity index (χ1) is 8.41. The Morgan fingerprint density at radius 2 is 1.00 bits per heavy atom. The molecule has 0 spiro atoms. The minimum Gasteiger partial charge on any atom is -0.300 e. The summed E-state index contributed by atoms with van der Waals surface area (Å²) in [7, 11) is 0. The lowest BCUT2D eigenvalue weighted by Gasteiger charge is -1.99. The highest BCUT2D eigenvalue weighted by Crippen LogP contribution is 2.06. The summed E-state index contributed by atoms with van der Waals surface area (Å²) in [6, 6.07) is 0. The zero-order chi connectivity index (χ0) is 14.0. The zero-order valence-electron chi connectivity index (χ0n) is 12.2. The van der Waals surface area contributed by atoms with Gasteiger partial charge in [0.15, 0.2) is 0 Å². The minimum absolute atomic E-state index is 0.197. The highest BCUT2D eigenvalue weighted by atomic mass is 16.1. The lowest BCUT2D eigenvalue weighted by Crippen LogP contribution is -2.03. The molecule has 0 aromatic rings. The molecule has 0 radical (unpaired) electrons. The Hall–Kier alpha value is -1.18. The van der Waals surface area contributed by atoms with Crippen molar-refractivity contribution in [3.05, 3.63) is 23.3 Å². The molecule has 102 valence electrons. The number of carbonyl (C=O) groups is 2. The van der Waals surface area contributed by atoms with Gasteiger partial charge in [-0.1, -0.05) is 23.3 Å². The van der Waals surface area contributed by atoms with E-state index in [2.05, 4.69) is 12.2 Å². The van der Waals surface area contributed by atoms with Crippen LogP contribution in [0.5, 0.6) is 0 Å². The second-order valence-corrected chi connectivity index (χ2v) is 5.22. The fourth-order valence-electron chi connectivity index (χ4n) is 1.57. The lowest BCUT2D eigenvalue weighted by molar-refractivity contribution is -0.124. The molecule has 2 nitrogen and oxygen atoms in total. The molecule has 0 fully saturated rings. The number of allylic oxidation sites excluding steroid dienone is 4. The molecule has 0 aromatic carbocycles. The first kappa shape index (κ1) is 16.8. The summed E-state index contributed by atoms with van der Waals surface area (Å²) >= 11 is 0. The maximum atomic E-state index is 11.5. The topological polar surface area (TPSA) is 34.1 Å².